The number of carbonyl (C=O) groups is 1. The summed E-state index contributed by atoms with van der Waals surface area (Å²) in [7, 11) is 0. The molecular weight excluding hydrogens is 174 g/mol. The van der Waals surface area contributed by atoms with E-state index in [9.17, 15) is 4.79 Å². The number of carbonyl (C=O) groups excluding carboxylic acids is 1. The monoisotopic (exact) mass is 193 g/mol. The van der Waals surface area contributed by atoms with E-state index in [-0.39, 0.29) is 5.78 Å². The molecule has 0 aromatic rings. The highest BCUT2D eigenvalue weighted by atomic mass is 16.1. The summed E-state index contributed by atoms with van der Waals surface area (Å²) in [5, 5.41) is 0. The third-order valence-electron chi connectivity index (χ3n) is 1.56. The predicted octanol–water partition coefficient (Wildman–Crippen LogP) is 3.30. The van der Waals surface area contributed by atoms with Crippen LogP contribution in [0.25, 0.3) is 0 Å². The smallest absolute Gasteiger partial charge is 0.178 e. The van der Waals surface area contributed by atoms with Crippen LogP contribution in [0.2, 0.25) is 0 Å². The molecule has 0 radical (unpaired) electrons. The standard InChI is InChI=1S/C12H19NO/c1-5-6-7-8-13-12(11(4)14)9-10(2)3/h7-9H,5-6H2,1-4H3/b8-7+,13-12?. The van der Waals surface area contributed by atoms with E-state index in [0.29, 0.717) is 5.71 Å². The summed E-state index contributed by atoms with van der Waals surface area (Å²) in [5.74, 6) is 0.00680. The van der Waals surface area contributed by atoms with E-state index < -0.39 is 0 Å². The number of Topliss-reactive ketones (excluding diaryl/α,β-unsaturated/α-hetero) is 1. The van der Waals surface area contributed by atoms with Gasteiger partial charge in [0.1, 0.15) is 5.71 Å². The molecule has 14 heavy (non-hydrogen) atoms. The van der Waals surface area contributed by atoms with Crippen LogP contribution in [0.5, 0.6) is 0 Å². The summed E-state index contributed by atoms with van der Waals surface area (Å²) in [6.07, 6.45) is 7.59. The first-order valence-electron chi connectivity index (χ1n) is 4.96. The van der Waals surface area contributed by atoms with Crippen molar-refractivity contribution < 1.29 is 4.79 Å². The van der Waals surface area contributed by atoms with Crippen LogP contribution >= 0.6 is 0 Å². The van der Waals surface area contributed by atoms with Crippen LogP contribution in [0.4, 0.5) is 0 Å². The topological polar surface area (TPSA) is 29.4 Å². The Morgan fingerprint density at radius 3 is 2.36 bits per heavy atom. The van der Waals surface area contributed by atoms with Gasteiger partial charge in [-0.1, -0.05) is 25.0 Å². The van der Waals surface area contributed by atoms with Crippen LogP contribution in [0, 0.1) is 0 Å². The highest BCUT2D eigenvalue weighted by Crippen LogP contribution is 1.95. The molecule has 0 aliphatic rings. The molecule has 0 N–H and O–H groups in total. The van der Waals surface area contributed by atoms with Gasteiger partial charge >= 0.3 is 0 Å². The first-order chi connectivity index (χ1) is 6.57. The lowest BCUT2D eigenvalue weighted by molar-refractivity contribution is -0.111. The predicted molar refractivity (Wildman–Crippen MR) is 61.6 cm³/mol. The van der Waals surface area contributed by atoms with Gasteiger partial charge in [0.05, 0.1) is 0 Å². The Kier molecular flexibility index (Phi) is 6.63. The molecule has 0 aliphatic carbocycles. The van der Waals surface area contributed by atoms with Crippen molar-refractivity contribution in [3.63, 3.8) is 0 Å². The molecule has 0 aromatic heterocycles. The molecule has 0 fully saturated rings. The number of hydrogen-bond acceptors (Lipinski definition) is 2. The Bertz CT molecular complexity index is 268. The molecule has 0 aromatic carbocycles. The molecule has 0 bridgehead atoms. The van der Waals surface area contributed by atoms with Crippen molar-refractivity contribution in [3.05, 3.63) is 23.9 Å². The fraction of sp³-hybridized carbons (Fsp3) is 0.500. The number of aliphatic imine (C=N–C) groups is 1. The number of allylic oxidation sites excluding steroid dienone is 3. The van der Waals surface area contributed by atoms with Crippen molar-refractivity contribution in [3.8, 4) is 0 Å². The van der Waals surface area contributed by atoms with Gasteiger partial charge < -0.3 is 0 Å². The third-order valence-corrected chi connectivity index (χ3v) is 1.56. The Balaban J connectivity index is 4.50. The number of rotatable bonds is 5. The lowest BCUT2D eigenvalue weighted by Crippen LogP contribution is -2.06. The molecule has 2 heteroatoms. The van der Waals surface area contributed by atoms with Gasteiger partial charge in [0.15, 0.2) is 5.78 Å². The molecule has 2 nitrogen and oxygen atoms in total. The summed E-state index contributed by atoms with van der Waals surface area (Å²) in [6.45, 7) is 7.55. The van der Waals surface area contributed by atoms with Gasteiger partial charge in [-0.3, -0.25) is 9.79 Å². The van der Waals surface area contributed by atoms with Gasteiger partial charge in [0, 0.05) is 13.1 Å². The van der Waals surface area contributed by atoms with Crippen molar-refractivity contribution in [1.29, 1.82) is 0 Å². The molecule has 0 saturated heterocycles. The quantitative estimate of drug-likeness (QED) is 0.616. The molecule has 0 heterocycles. The average Bonchev–Trinajstić information content (AvgIpc) is 2.09. The highest BCUT2D eigenvalue weighted by molar-refractivity contribution is 6.43. The minimum Gasteiger partial charge on any atom is -0.293 e. The molecule has 0 atom stereocenters. The second-order valence-corrected chi connectivity index (χ2v) is 3.47. The summed E-state index contributed by atoms with van der Waals surface area (Å²) in [5.41, 5.74) is 1.61. The van der Waals surface area contributed by atoms with E-state index in [0.717, 1.165) is 18.4 Å². The van der Waals surface area contributed by atoms with E-state index in [1.807, 2.05) is 19.9 Å². The van der Waals surface area contributed by atoms with Crippen LogP contribution in [-0.4, -0.2) is 11.5 Å². The Morgan fingerprint density at radius 1 is 1.29 bits per heavy atom. The lowest BCUT2D eigenvalue weighted by atomic mass is 10.2. The molecule has 78 valence electrons. The fourth-order valence-electron chi connectivity index (χ4n) is 0.877. The SMILES string of the molecule is CCC/C=C/N=C(C=C(C)C)C(C)=O. The maximum absolute atomic E-state index is 11.1. The molecule has 0 aliphatic heterocycles. The van der Waals surface area contributed by atoms with Crippen LogP contribution in [0.1, 0.15) is 40.5 Å². The maximum Gasteiger partial charge on any atom is 0.178 e. The van der Waals surface area contributed by atoms with Gasteiger partial charge in [-0.05, 0) is 26.3 Å². The van der Waals surface area contributed by atoms with Gasteiger partial charge in [-0.2, -0.15) is 0 Å². The van der Waals surface area contributed by atoms with Gasteiger partial charge in [0.2, 0.25) is 0 Å². The normalized spacial score (nSPS) is 11.9. The Morgan fingerprint density at radius 2 is 1.93 bits per heavy atom. The van der Waals surface area contributed by atoms with Crippen LogP contribution < -0.4 is 0 Å². The van der Waals surface area contributed by atoms with Gasteiger partial charge in [-0.15, -0.1) is 0 Å². The summed E-state index contributed by atoms with van der Waals surface area (Å²) in [4.78, 5) is 15.2. The lowest BCUT2D eigenvalue weighted by Gasteiger charge is -1.94. The Labute approximate surface area is 86.4 Å². The van der Waals surface area contributed by atoms with E-state index in [1.165, 1.54) is 6.92 Å². The van der Waals surface area contributed by atoms with E-state index in [1.54, 1.807) is 12.3 Å². The Hall–Kier alpha value is -1.18. The molecular formula is C12H19NO. The number of ketones is 1. The number of unbranched alkanes of at least 4 members (excludes halogenated alkanes) is 1. The van der Waals surface area contributed by atoms with E-state index in [4.69, 9.17) is 0 Å². The second-order valence-electron chi connectivity index (χ2n) is 3.47. The fourth-order valence-corrected chi connectivity index (χ4v) is 0.877. The summed E-state index contributed by atoms with van der Waals surface area (Å²) in [6, 6.07) is 0. The highest BCUT2D eigenvalue weighted by Gasteiger charge is 1.99. The van der Waals surface area contributed by atoms with Gasteiger partial charge in [-0.25, -0.2) is 0 Å². The molecule has 0 spiro atoms. The van der Waals surface area contributed by atoms with Crippen molar-refractivity contribution in [1.82, 2.24) is 0 Å². The largest absolute Gasteiger partial charge is 0.293 e. The second kappa shape index (κ2) is 7.25. The van der Waals surface area contributed by atoms with E-state index >= 15 is 0 Å². The van der Waals surface area contributed by atoms with Gasteiger partial charge in [0.25, 0.3) is 0 Å². The average molecular weight is 193 g/mol. The summed E-state index contributed by atoms with van der Waals surface area (Å²) >= 11 is 0. The minimum absolute atomic E-state index is 0.00680. The van der Waals surface area contributed by atoms with Crippen LogP contribution in [0.3, 0.4) is 0 Å². The molecule has 0 amide bonds. The van der Waals surface area contributed by atoms with E-state index in [2.05, 4.69) is 11.9 Å². The van der Waals surface area contributed by atoms with Crippen molar-refractivity contribution in [2.75, 3.05) is 0 Å². The molecule has 0 saturated carbocycles. The number of hydrogen-bond donors (Lipinski definition) is 0. The van der Waals surface area contributed by atoms with Crippen LogP contribution in [-0.2, 0) is 4.79 Å². The summed E-state index contributed by atoms with van der Waals surface area (Å²) < 4.78 is 0. The van der Waals surface area contributed by atoms with Crippen LogP contribution in [0.15, 0.2) is 28.9 Å². The maximum atomic E-state index is 11.1. The zero-order valence-electron chi connectivity index (χ0n) is 9.50. The third kappa shape index (κ3) is 6.35. The minimum atomic E-state index is 0.00680. The first kappa shape index (κ1) is 12.8. The van der Waals surface area contributed by atoms with Crippen molar-refractivity contribution in [2.24, 2.45) is 4.99 Å². The number of nitrogens with zero attached hydrogens (tertiary/aromatic N) is 1. The molecule has 0 rings (SSSR count). The first-order valence-corrected chi connectivity index (χ1v) is 4.96. The molecule has 0 unspecified atom stereocenters. The van der Waals surface area contributed by atoms with Crippen molar-refractivity contribution in [2.45, 2.75) is 40.5 Å². The zero-order valence-corrected chi connectivity index (χ0v) is 9.50. The zero-order chi connectivity index (χ0) is 11.0. The van der Waals surface area contributed by atoms with Crippen molar-refractivity contribution >= 4 is 11.5 Å².